The molecule has 1 fully saturated rings. The van der Waals surface area contributed by atoms with Crippen molar-refractivity contribution < 1.29 is 21.6 Å². The molecule has 0 unspecified atom stereocenters. The Balaban J connectivity index is 2.21. The second-order valence-corrected chi connectivity index (χ2v) is 10.2. The van der Waals surface area contributed by atoms with Crippen LogP contribution in [0.2, 0.25) is 0 Å². The number of nitrogens with one attached hydrogen (secondary N) is 1. The fraction of sp³-hybridized carbons (Fsp3) is 0.600. The number of sulfone groups is 2. The molecule has 23 heavy (non-hydrogen) atoms. The molecule has 1 aliphatic rings. The summed E-state index contributed by atoms with van der Waals surface area (Å²) >= 11 is 0. The molecule has 0 spiro atoms. The molecule has 2 atom stereocenters. The second kappa shape index (κ2) is 7.29. The smallest absolute Gasteiger partial charge is 0.183 e. The molecule has 1 heterocycles. The molecule has 0 aromatic heterocycles. The Morgan fingerprint density at radius 1 is 1.22 bits per heavy atom. The molecule has 2 rings (SSSR count). The molecule has 8 heteroatoms. The highest BCUT2D eigenvalue weighted by molar-refractivity contribution is 7.96. The number of aryl methyl sites for hydroxylation is 1. The number of hydrogen-bond acceptors (Lipinski definition) is 6. The summed E-state index contributed by atoms with van der Waals surface area (Å²) in [6.07, 6.45) is 0.699. The van der Waals surface area contributed by atoms with E-state index in [1.165, 1.54) is 12.1 Å². The topological polar surface area (TPSA) is 89.5 Å². The standard InChI is InChI=1S/C15H23NO5S2/c1-12-4-6-13(7-5-12)23(19,20)15-11-22(17,18)10-14(15)16-8-3-9-21-2/h4-7,14-16H,3,8-11H2,1-2H3/t14-,15-/m1/s1. The van der Waals surface area contributed by atoms with Gasteiger partial charge in [0.05, 0.1) is 21.7 Å². The minimum absolute atomic E-state index is 0.143. The van der Waals surface area contributed by atoms with Gasteiger partial charge < -0.3 is 10.1 Å². The number of rotatable bonds is 7. The van der Waals surface area contributed by atoms with Crippen LogP contribution in [0.4, 0.5) is 0 Å². The van der Waals surface area contributed by atoms with Crippen molar-refractivity contribution in [2.45, 2.75) is 29.5 Å². The Labute approximate surface area is 138 Å². The van der Waals surface area contributed by atoms with E-state index in [9.17, 15) is 16.8 Å². The van der Waals surface area contributed by atoms with E-state index < -0.39 is 31.0 Å². The highest BCUT2D eigenvalue weighted by atomic mass is 32.2. The third-order valence-corrected chi connectivity index (χ3v) is 8.15. The van der Waals surface area contributed by atoms with E-state index in [-0.39, 0.29) is 16.4 Å². The van der Waals surface area contributed by atoms with E-state index in [4.69, 9.17) is 4.74 Å². The zero-order valence-electron chi connectivity index (χ0n) is 13.4. The van der Waals surface area contributed by atoms with E-state index in [2.05, 4.69) is 5.32 Å². The predicted octanol–water partition coefficient (Wildman–Crippen LogP) is 0.560. The number of hydrogen-bond donors (Lipinski definition) is 1. The van der Waals surface area contributed by atoms with Crippen molar-refractivity contribution >= 4 is 19.7 Å². The van der Waals surface area contributed by atoms with Gasteiger partial charge in [-0.3, -0.25) is 0 Å². The molecule has 0 aliphatic carbocycles. The summed E-state index contributed by atoms with van der Waals surface area (Å²) in [4.78, 5) is 0.175. The molecule has 1 aromatic carbocycles. The average Bonchev–Trinajstić information content (AvgIpc) is 2.80. The van der Waals surface area contributed by atoms with Gasteiger partial charge in [-0.1, -0.05) is 17.7 Å². The molecule has 1 aromatic rings. The minimum Gasteiger partial charge on any atom is -0.385 e. The van der Waals surface area contributed by atoms with Crippen molar-refractivity contribution in [3.8, 4) is 0 Å². The quantitative estimate of drug-likeness (QED) is 0.714. The van der Waals surface area contributed by atoms with Crippen LogP contribution in [0.3, 0.4) is 0 Å². The molecular weight excluding hydrogens is 338 g/mol. The van der Waals surface area contributed by atoms with E-state index in [0.29, 0.717) is 19.6 Å². The summed E-state index contributed by atoms with van der Waals surface area (Å²) in [5.74, 6) is -0.471. The van der Waals surface area contributed by atoms with Crippen molar-refractivity contribution in [1.82, 2.24) is 5.32 Å². The second-order valence-electron chi connectivity index (χ2n) is 5.88. The monoisotopic (exact) mass is 361 g/mol. The maximum atomic E-state index is 12.8. The van der Waals surface area contributed by atoms with Gasteiger partial charge in [-0.05, 0) is 32.0 Å². The molecule has 0 bridgehead atoms. The van der Waals surface area contributed by atoms with Crippen molar-refractivity contribution in [1.29, 1.82) is 0 Å². The lowest BCUT2D eigenvalue weighted by atomic mass is 10.2. The third-order valence-electron chi connectivity index (χ3n) is 3.98. The van der Waals surface area contributed by atoms with Gasteiger partial charge in [-0.25, -0.2) is 16.8 Å². The molecule has 1 aliphatic heterocycles. The minimum atomic E-state index is -3.69. The van der Waals surface area contributed by atoms with Gasteiger partial charge >= 0.3 is 0 Å². The van der Waals surface area contributed by atoms with Gasteiger partial charge in [-0.15, -0.1) is 0 Å². The van der Waals surface area contributed by atoms with Crippen LogP contribution < -0.4 is 5.32 Å². The lowest BCUT2D eigenvalue weighted by Gasteiger charge is -2.20. The van der Waals surface area contributed by atoms with Crippen LogP contribution in [0.15, 0.2) is 29.2 Å². The Morgan fingerprint density at radius 3 is 2.48 bits per heavy atom. The zero-order valence-corrected chi connectivity index (χ0v) is 15.0. The van der Waals surface area contributed by atoms with Crippen LogP contribution in [0.1, 0.15) is 12.0 Å². The van der Waals surface area contributed by atoms with Gasteiger partial charge in [0.1, 0.15) is 0 Å². The molecule has 0 amide bonds. The normalized spacial score (nSPS) is 23.9. The first-order chi connectivity index (χ1) is 10.8. The Kier molecular flexibility index (Phi) is 5.83. The Bertz CT molecular complexity index is 726. The zero-order chi connectivity index (χ0) is 17.1. The van der Waals surface area contributed by atoms with Crippen LogP contribution in [0.25, 0.3) is 0 Å². The maximum absolute atomic E-state index is 12.8. The summed E-state index contributed by atoms with van der Waals surface area (Å²) in [6, 6.07) is 5.94. The summed E-state index contributed by atoms with van der Waals surface area (Å²) in [7, 11) is -5.46. The summed E-state index contributed by atoms with van der Waals surface area (Å²) < 4.78 is 54.4. The van der Waals surface area contributed by atoms with E-state index in [1.54, 1.807) is 19.2 Å². The van der Waals surface area contributed by atoms with Crippen LogP contribution in [0, 0.1) is 6.92 Å². The van der Waals surface area contributed by atoms with Gasteiger partial charge in [0.2, 0.25) is 0 Å². The lowest BCUT2D eigenvalue weighted by Crippen LogP contribution is -2.43. The number of ether oxygens (including phenoxy) is 1. The van der Waals surface area contributed by atoms with Gasteiger partial charge in [0, 0.05) is 19.8 Å². The first-order valence-corrected chi connectivity index (χ1v) is 10.9. The SMILES string of the molecule is COCCCN[C@@H]1CS(=O)(=O)C[C@H]1S(=O)(=O)c1ccc(C)cc1. The van der Waals surface area contributed by atoms with Crippen LogP contribution in [-0.4, -0.2) is 59.9 Å². The van der Waals surface area contributed by atoms with Crippen molar-refractivity contribution in [2.75, 3.05) is 31.8 Å². The first kappa shape index (κ1) is 18.4. The summed E-state index contributed by atoms with van der Waals surface area (Å²) in [5.41, 5.74) is 0.956. The molecule has 0 saturated carbocycles. The van der Waals surface area contributed by atoms with Crippen LogP contribution in [0.5, 0.6) is 0 Å². The fourth-order valence-electron chi connectivity index (χ4n) is 2.72. The molecule has 1 N–H and O–H groups in total. The van der Waals surface area contributed by atoms with E-state index >= 15 is 0 Å². The Hall–Kier alpha value is -0.960. The lowest BCUT2D eigenvalue weighted by molar-refractivity contribution is 0.193. The molecular formula is C15H23NO5S2. The molecule has 130 valence electrons. The number of benzene rings is 1. The fourth-order valence-corrected chi connectivity index (χ4v) is 7.43. The predicted molar refractivity (Wildman–Crippen MR) is 89.1 cm³/mol. The van der Waals surface area contributed by atoms with E-state index in [1.807, 2.05) is 6.92 Å². The van der Waals surface area contributed by atoms with E-state index in [0.717, 1.165) is 5.56 Å². The molecule has 1 saturated heterocycles. The maximum Gasteiger partial charge on any atom is 0.183 e. The summed E-state index contributed by atoms with van der Waals surface area (Å²) in [6.45, 7) is 2.94. The third kappa shape index (κ3) is 4.53. The van der Waals surface area contributed by atoms with Gasteiger partial charge in [0.25, 0.3) is 0 Å². The largest absolute Gasteiger partial charge is 0.385 e. The highest BCUT2D eigenvalue weighted by Crippen LogP contribution is 2.26. The van der Waals surface area contributed by atoms with Gasteiger partial charge in [-0.2, -0.15) is 0 Å². The van der Waals surface area contributed by atoms with Crippen molar-refractivity contribution in [3.05, 3.63) is 29.8 Å². The Morgan fingerprint density at radius 2 is 1.87 bits per heavy atom. The molecule has 0 radical (unpaired) electrons. The van der Waals surface area contributed by atoms with Crippen LogP contribution >= 0.6 is 0 Å². The molecule has 6 nitrogen and oxygen atoms in total. The summed E-state index contributed by atoms with van der Waals surface area (Å²) in [5, 5.41) is 2.12. The van der Waals surface area contributed by atoms with Crippen molar-refractivity contribution in [3.63, 3.8) is 0 Å². The first-order valence-electron chi connectivity index (χ1n) is 7.49. The number of methoxy groups -OCH3 is 1. The van der Waals surface area contributed by atoms with Gasteiger partial charge in [0.15, 0.2) is 19.7 Å². The van der Waals surface area contributed by atoms with Crippen molar-refractivity contribution in [2.24, 2.45) is 0 Å². The average molecular weight is 361 g/mol. The van der Waals surface area contributed by atoms with Crippen LogP contribution in [-0.2, 0) is 24.4 Å². The highest BCUT2D eigenvalue weighted by Gasteiger charge is 2.45.